The third-order valence-corrected chi connectivity index (χ3v) is 4.02. The lowest BCUT2D eigenvalue weighted by Crippen LogP contribution is -2.36. The highest BCUT2D eigenvalue weighted by atomic mass is 32.2. The highest BCUT2D eigenvalue weighted by Crippen LogP contribution is 2.39. The quantitative estimate of drug-likeness (QED) is 0.553. The van der Waals surface area contributed by atoms with Crippen LogP contribution in [0, 0.1) is 0 Å². The zero-order valence-corrected chi connectivity index (χ0v) is 12.2. The molecule has 2 saturated heterocycles. The fraction of sp³-hybridized carbons (Fsp3) is 1.00. The van der Waals surface area contributed by atoms with E-state index in [1.165, 1.54) is 7.11 Å². The van der Waals surface area contributed by atoms with Crippen molar-refractivity contribution in [2.24, 2.45) is 0 Å². The number of ether oxygens (including phenoxy) is 4. The molecule has 0 aromatic heterocycles. The van der Waals surface area contributed by atoms with Crippen LogP contribution >= 0.6 is 0 Å². The average Bonchev–Trinajstić information content (AvgIpc) is 2.78. The Kier molecular flexibility index (Phi) is 4.28. The van der Waals surface area contributed by atoms with Crippen LogP contribution in [0.15, 0.2) is 0 Å². The van der Waals surface area contributed by atoms with E-state index in [1.807, 2.05) is 0 Å². The molecule has 7 nitrogen and oxygen atoms in total. The summed E-state index contributed by atoms with van der Waals surface area (Å²) >= 11 is 0. The minimum absolute atomic E-state index is 0.674. The molecule has 2 heterocycles. The van der Waals surface area contributed by atoms with E-state index in [2.05, 4.69) is 4.18 Å². The predicted octanol–water partition coefficient (Wildman–Crippen LogP) is 0.744. The Morgan fingerprint density at radius 1 is 1.19 bits per heavy atom. The molecule has 2 fully saturated rings. The molecular formula is C10H15F3O7S. The van der Waals surface area contributed by atoms with Crippen LogP contribution in [-0.4, -0.2) is 58.0 Å². The molecule has 21 heavy (non-hydrogen) atoms. The van der Waals surface area contributed by atoms with Gasteiger partial charge in [0, 0.05) is 7.11 Å². The highest BCUT2D eigenvalue weighted by Gasteiger charge is 2.56. The van der Waals surface area contributed by atoms with Crippen molar-refractivity contribution in [3.63, 3.8) is 0 Å². The maximum Gasteiger partial charge on any atom is 0.523 e. The van der Waals surface area contributed by atoms with Crippen LogP contribution < -0.4 is 0 Å². The summed E-state index contributed by atoms with van der Waals surface area (Å²) in [5.41, 5.74) is -5.49. The van der Waals surface area contributed by atoms with Gasteiger partial charge in [-0.2, -0.15) is 21.6 Å². The second-order valence-electron chi connectivity index (χ2n) is 5.03. The third-order valence-electron chi connectivity index (χ3n) is 3.01. The lowest BCUT2D eigenvalue weighted by Gasteiger charge is -2.23. The molecule has 0 spiro atoms. The van der Waals surface area contributed by atoms with E-state index in [-0.39, 0.29) is 0 Å². The van der Waals surface area contributed by atoms with Crippen LogP contribution in [0.5, 0.6) is 0 Å². The van der Waals surface area contributed by atoms with Gasteiger partial charge in [-0.25, -0.2) is 0 Å². The van der Waals surface area contributed by atoms with E-state index in [9.17, 15) is 21.6 Å². The SMILES string of the molecule is CO[C@H]1O[C@@H](COS(=O)(=O)C(F)(F)F)[C@H]2OC(C)(C)O[C@@H]12. The summed E-state index contributed by atoms with van der Waals surface area (Å²) < 4.78 is 83.6. The monoisotopic (exact) mass is 336 g/mol. The van der Waals surface area contributed by atoms with Crippen LogP contribution in [0.2, 0.25) is 0 Å². The van der Waals surface area contributed by atoms with E-state index in [0.717, 1.165) is 0 Å². The Hall–Kier alpha value is -0.460. The zero-order chi connectivity index (χ0) is 16.1. The van der Waals surface area contributed by atoms with Gasteiger partial charge in [0.2, 0.25) is 0 Å². The number of fused-ring (bicyclic) bond motifs is 1. The molecule has 0 amide bonds. The van der Waals surface area contributed by atoms with Crippen LogP contribution in [0.25, 0.3) is 0 Å². The Balaban J connectivity index is 2.05. The fourth-order valence-electron chi connectivity index (χ4n) is 2.19. The van der Waals surface area contributed by atoms with Crippen LogP contribution in [0.1, 0.15) is 13.8 Å². The fourth-order valence-corrected chi connectivity index (χ4v) is 2.64. The molecule has 2 aliphatic heterocycles. The zero-order valence-electron chi connectivity index (χ0n) is 11.4. The van der Waals surface area contributed by atoms with Crippen molar-refractivity contribution < 1.29 is 44.7 Å². The summed E-state index contributed by atoms with van der Waals surface area (Å²) in [5.74, 6) is -0.975. The summed E-state index contributed by atoms with van der Waals surface area (Å²) in [5, 5.41) is 0. The molecule has 0 aromatic carbocycles. The molecule has 0 unspecified atom stereocenters. The second-order valence-corrected chi connectivity index (χ2v) is 6.63. The number of rotatable bonds is 4. The van der Waals surface area contributed by atoms with Crippen molar-refractivity contribution >= 4 is 10.1 Å². The van der Waals surface area contributed by atoms with Gasteiger partial charge in [-0.3, -0.25) is 4.18 Å². The minimum atomic E-state index is -5.68. The van der Waals surface area contributed by atoms with E-state index >= 15 is 0 Å². The van der Waals surface area contributed by atoms with Crippen molar-refractivity contribution in [3.8, 4) is 0 Å². The molecule has 0 N–H and O–H groups in total. The molecule has 0 aliphatic carbocycles. The lowest BCUT2D eigenvalue weighted by molar-refractivity contribution is -0.229. The van der Waals surface area contributed by atoms with Gasteiger partial charge in [-0.1, -0.05) is 0 Å². The van der Waals surface area contributed by atoms with Gasteiger partial charge in [-0.15, -0.1) is 0 Å². The van der Waals surface area contributed by atoms with Gasteiger partial charge in [0.25, 0.3) is 0 Å². The first-order valence-corrected chi connectivity index (χ1v) is 7.37. The van der Waals surface area contributed by atoms with E-state index < -0.39 is 52.6 Å². The molecule has 124 valence electrons. The first-order valence-electron chi connectivity index (χ1n) is 5.96. The maximum atomic E-state index is 12.2. The maximum absolute atomic E-state index is 12.2. The standard InChI is InChI=1S/C10H15F3O7S/c1-9(2)19-6-5(18-8(16-3)7(6)20-9)4-17-21(14,15)10(11,12)13/h5-8H,4H2,1-3H3/t5-,6+,7+,8-/m0/s1. The van der Waals surface area contributed by atoms with Crippen molar-refractivity contribution in [1.29, 1.82) is 0 Å². The predicted molar refractivity (Wildman–Crippen MR) is 60.4 cm³/mol. The number of alkyl halides is 3. The van der Waals surface area contributed by atoms with Crippen LogP contribution in [0.3, 0.4) is 0 Å². The summed E-state index contributed by atoms with van der Waals surface area (Å²) in [4.78, 5) is 0. The van der Waals surface area contributed by atoms with E-state index in [4.69, 9.17) is 18.9 Å². The summed E-state index contributed by atoms with van der Waals surface area (Å²) in [6.07, 6.45) is -3.39. The van der Waals surface area contributed by atoms with Gasteiger partial charge in [0.15, 0.2) is 12.1 Å². The Labute approximate surface area is 119 Å². The molecular weight excluding hydrogens is 321 g/mol. The Morgan fingerprint density at radius 3 is 2.29 bits per heavy atom. The summed E-state index contributed by atoms with van der Waals surface area (Å²) in [7, 11) is -4.36. The van der Waals surface area contributed by atoms with Gasteiger partial charge >= 0.3 is 15.6 Å². The molecule has 0 saturated carbocycles. The Morgan fingerprint density at radius 2 is 1.76 bits per heavy atom. The molecule has 11 heteroatoms. The molecule has 0 aromatic rings. The molecule has 0 bridgehead atoms. The lowest BCUT2D eigenvalue weighted by atomic mass is 10.1. The van der Waals surface area contributed by atoms with E-state index in [0.29, 0.717) is 0 Å². The molecule has 2 aliphatic rings. The summed E-state index contributed by atoms with van der Waals surface area (Å²) in [6, 6.07) is 0. The van der Waals surface area contributed by atoms with Crippen molar-refractivity contribution in [3.05, 3.63) is 0 Å². The first kappa shape index (κ1) is 16.9. The van der Waals surface area contributed by atoms with Crippen molar-refractivity contribution in [2.45, 2.75) is 49.7 Å². The topological polar surface area (TPSA) is 80.3 Å². The Bertz CT molecular complexity index is 489. The smallest absolute Gasteiger partial charge is 0.353 e. The second kappa shape index (κ2) is 5.32. The number of halogens is 3. The van der Waals surface area contributed by atoms with Crippen molar-refractivity contribution in [1.82, 2.24) is 0 Å². The molecule has 2 rings (SSSR count). The van der Waals surface area contributed by atoms with E-state index in [1.54, 1.807) is 13.8 Å². The number of hydrogen-bond acceptors (Lipinski definition) is 7. The number of methoxy groups -OCH3 is 1. The first-order chi connectivity index (χ1) is 9.47. The minimum Gasteiger partial charge on any atom is -0.353 e. The summed E-state index contributed by atoms with van der Waals surface area (Å²) in [6.45, 7) is 2.38. The van der Waals surface area contributed by atoms with Gasteiger partial charge < -0.3 is 18.9 Å². The average molecular weight is 336 g/mol. The van der Waals surface area contributed by atoms with Crippen molar-refractivity contribution in [2.75, 3.05) is 13.7 Å². The van der Waals surface area contributed by atoms with Gasteiger partial charge in [0.1, 0.15) is 18.3 Å². The number of hydrogen-bond donors (Lipinski definition) is 0. The highest BCUT2D eigenvalue weighted by molar-refractivity contribution is 7.87. The third kappa shape index (κ3) is 3.32. The largest absolute Gasteiger partial charge is 0.523 e. The van der Waals surface area contributed by atoms with Crippen LogP contribution in [0.4, 0.5) is 13.2 Å². The van der Waals surface area contributed by atoms with Crippen LogP contribution in [-0.2, 0) is 33.2 Å². The van der Waals surface area contributed by atoms with Gasteiger partial charge in [0.05, 0.1) is 6.61 Å². The normalized spacial score (nSPS) is 35.9. The molecule has 0 radical (unpaired) electrons. The molecule has 4 atom stereocenters. The van der Waals surface area contributed by atoms with Gasteiger partial charge in [-0.05, 0) is 13.8 Å².